The fourth-order valence-corrected chi connectivity index (χ4v) is 4.83. The van der Waals surface area contributed by atoms with Crippen LogP contribution in [0, 0.1) is 0 Å². The number of halogens is 8. The van der Waals surface area contributed by atoms with E-state index in [4.69, 9.17) is 23.2 Å². The average molecular weight is 520 g/mol. The van der Waals surface area contributed by atoms with Crippen molar-refractivity contribution in [2.75, 3.05) is 5.32 Å². The first-order valence-corrected chi connectivity index (χ1v) is 10.8. The number of benzene rings is 3. The van der Waals surface area contributed by atoms with Gasteiger partial charge in [-0.3, -0.25) is 0 Å². The third-order valence-corrected chi connectivity index (χ3v) is 6.57. The molecule has 1 aliphatic heterocycles. The molecule has 0 saturated carbocycles. The highest BCUT2D eigenvalue weighted by Crippen LogP contribution is 2.52. The second kappa shape index (κ2) is 8.66. The fourth-order valence-electron chi connectivity index (χ4n) is 4.29. The number of hydrogen-bond donors (Lipinski definition) is 2. The van der Waals surface area contributed by atoms with Gasteiger partial charge in [-0.05, 0) is 47.4 Å². The van der Waals surface area contributed by atoms with Crippen LogP contribution < -0.4 is 5.32 Å². The third kappa shape index (κ3) is 4.23. The number of anilines is 1. The van der Waals surface area contributed by atoms with Crippen LogP contribution in [0.1, 0.15) is 40.6 Å². The molecule has 0 aromatic heterocycles. The van der Waals surface area contributed by atoms with Crippen LogP contribution in [0.3, 0.4) is 0 Å². The molecular formula is C24H17Cl2F6NO. The van der Waals surface area contributed by atoms with Crippen molar-refractivity contribution in [2.24, 2.45) is 0 Å². The number of nitrogens with one attached hydrogen (secondary N) is 1. The zero-order valence-electron chi connectivity index (χ0n) is 17.2. The van der Waals surface area contributed by atoms with Crippen molar-refractivity contribution in [1.29, 1.82) is 0 Å². The summed E-state index contributed by atoms with van der Waals surface area (Å²) in [5.74, 6) is -0.570. The lowest BCUT2D eigenvalue weighted by Crippen LogP contribution is -2.54. The first kappa shape index (κ1) is 24.7. The Labute approximate surface area is 201 Å². The van der Waals surface area contributed by atoms with Gasteiger partial charge >= 0.3 is 12.4 Å². The summed E-state index contributed by atoms with van der Waals surface area (Å²) < 4.78 is 80.9. The molecule has 3 aromatic carbocycles. The van der Waals surface area contributed by atoms with Gasteiger partial charge in [0.1, 0.15) is 0 Å². The molecule has 34 heavy (non-hydrogen) atoms. The minimum atomic E-state index is -5.97. The molecule has 2 unspecified atom stereocenters. The first-order chi connectivity index (χ1) is 15.8. The highest BCUT2D eigenvalue weighted by Gasteiger charge is 2.71. The minimum Gasteiger partial charge on any atom is -0.378 e. The Kier molecular flexibility index (Phi) is 6.29. The quantitative estimate of drug-likeness (QED) is 0.343. The van der Waals surface area contributed by atoms with Gasteiger partial charge in [-0.1, -0.05) is 65.7 Å². The van der Waals surface area contributed by atoms with Gasteiger partial charge in [-0.25, -0.2) is 0 Å². The molecule has 0 radical (unpaired) electrons. The number of fused-ring (bicyclic) bond motifs is 1. The highest BCUT2D eigenvalue weighted by molar-refractivity contribution is 6.35. The molecule has 3 aromatic rings. The molecule has 180 valence electrons. The number of aliphatic hydroxyl groups is 1. The van der Waals surface area contributed by atoms with Crippen molar-refractivity contribution in [2.45, 2.75) is 36.3 Å². The molecule has 1 heterocycles. The summed E-state index contributed by atoms with van der Waals surface area (Å²) in [5, 5.41) is 13.9. The molecule has 2 nitrogen and oxygen atoms in total. The van der Waals surface area contributed by atoms with Crippen molar-refractivity contribution >= 4 is 28.9 Å². The van der Waals surface area contributed by atoms with Gasteiger partial charge in [0, 0.05) is 27.2 Å². The van der Waals surface area contributed by atoms with Crippen LogP contribution in [-0.2, 0) is 5.60 Å². The Bertz CT molecular complexity index is 1180. The molecule has 1 aliphatic rings. The van der Waals surface area contributed by atoms with E-state index in [0.717, 1.165) is 12.1 Å². The monoisotopic (exact) mass is 519 g/mol. The smallest absolute Gasteiger partial charge is 0.378 e. The number of rotatable bonds is 3. The lowest BCUT2D eigenvalue weighted by molar-refractivity contribution is -0.376. The van der Waals surface area contributed by atoms with E-state index >= 15 is 0 Å². The van der Waals surface area contributed by atoms with E-state index in [0.29, 0.717) is 32.9 Å². The molecule has 10 heteroatoms. The second-order valence-electron chi connectivity index (χ2n) is 8.07. The molecule has 0 spiro atoms. The van der Waals surface area contributed by atoms with E-state index < -0.39 is 35.5 Å². The summed E-state index contributed by atoms with van der Waals surface area (Å²) in [7, 11) is 0. The predicted molar refractivity (Wildman–Crippen MR) is 118 cm³/mol. The molecule has 2 atom stereocenters. The summed E-state index contributed by atoms with van der Waals surface area (Å²) in [5.41, 5.74) is -4.38. The van der Waals surface area contributed by atoms with Gasteiger partial charge < -0.3 is 10.4 Å². The van der Waals surface area contributed by atoms with E-state index in [-0.39, 0.29) is 12.0 Å². The zero-order valence-corrected chi connectivity index (χ0v) is 18.7. The molecule has 2 N–H and O–H groups in total. The summed E-state index contributed by atoms with van der Waals surface area (Å²) >= 11 is 12.3. The van der Waals surface area contributed by atoms with Crippen LogP contribution in [0.25, 0.3) is 0 Å². The van der Waals surface area contributed by atoms with Crippen molar-refractivity contribution in [1.82, 2.24) is 0 Å². The zero-order chi connectivity index (χ0) is 24.9. The molecule has 0 aliphatic carbocycles. The second-order valence-corrected chi connectivity index (χ2v) is 8.91. The van der Waals surface area contributed by atoms with Gasteiger partial charge in [0.2, 0.25) is 0 Å². The average Bonchev–Trinajstić information content (AvgIpc) is 2.76. The Morgan fingerprint density at radius 2 is 1.44 bits per heavy atom. The topological polar surface area (TPSA) is 32.3 Å². The van der Waals surface area contributed by atoms with Gasteiger partial charge in [-0.2, -0.15) is 26.3 Å². The summed E-state index contributed by atoms with van der Waals surface area (Å²) in [6.07, 6.45) is -11.6. The van der Waals surface area contributed by atoms with Gasteiger partial charge in [0.25, 0.3) is 5.60 Å². The van der Waals surface area contributed by atoms with Crippen molar-refractivity contribution in [3.05, 3.63) is 99.0 Å². The minimum absolute atomic E-state index is 0.206. The fraction of sp³-hybridized carbons (Fsp3) is 0.250. The van der Waals surface area contributed by atoms with Gasteiger partial charge in [0.05, 0.1) is 6.04 Å². The molecule has 0 saturated heterocycles. The Balaban J connectivity index is 1.87. The number of hydrogen-bond acceptors (Lipinski definition) is 2. The van der Waals surface area contributed by atoms with Crippen molar-refractivity contribution < 1.29 is 31.4 Å². The maximum absolute atomic E-state index is 13.5. The largest absolute Gasteiger partial charge is 0.430 e. The van der Waals surface area contributed by atoms with E-state index in [1.165, 1.54) is 0 Å². The van der Waals surface area contributed by atoms with Crippen LogP contribution in [0.4, 0.5) is 32.0 Å². The maximum atomic E-state index is 13.5. The summed E-state index contributed by atoms with van der Waals surface area (Å²) in [6, 6.07) is 15.8. The van der Waals surface area contributed by atoms with Crippen LogP contribution in [-0.4, -0.2) is 17.5 Å². The maximum Gasteiger partial charge on any atom is 0.430 e. The van der Waals surface area contributed by atoms with E-state index in [1.807, 2.05) is 0 Å². The van der Waals surface area contributed by atoms with Crippen molar-refractivity contribution in [3.8, 4) is 0 Å². The summed E-state index contributed by atoms with van der Waals surface area (Å²) in [6.45, 7) is 0. The van der Waals surface area contributed by atoms with Gasteiger partial charge in [0.15, 0.2) is 0 Å². The van der Waals surface area contributed by atoms with E-state index in [9.17, 15) is 31.4 Å². The van der Waals surface area contributed by atoms with Crippen LogP contribution in [0.2, 0.25) is 10.0 Å². The molecular weight excluding hydrogens is 503 g/mol. The van der Waals surface area contributed by atoms with Crippen LogP contribution in [0.5, 0.6) is 0 Å². The standard InChI is InChI=1S/C24H17Cl2F6NO/c25-15-7-8-16(19(26)11-15)21-12-17(13-4-2-1-3-5-13)18-10-14(6-9-20(18)33-21)22(34,23(27,28)29)24(30,31)32/h1-11,17,21,33-34H,12H2. The predicted octanol–water partition coefficient (Wildman–Crippen LogP) is 7.99. The van der Waals surface area contributed by atoms with Crippen molar-refractivity contribution in [3.63, 3.8) is 0 Å². The van der Waals surface area contributed by atoms with Gasteiger partial charge in [-0.15, -0.1) is 0 Å². The Morgan fingerprint density at radius 1 is 0.794 bits per heavy atom. The van der Waals surface area contributed by atoms with E-state index in [2.05, 4.69) is 5.32 Å². The molecule has 0 amide bonds. The lowest BCUT2D eigenvalue weighted by atomic mass is 9.78. The SMILES string of the molecule is OC(c1ccc2c(c1)C(c1ccccc1)CC(c1ccc(Cl)cc1Cl)N2)(C(F)(F)F)C(F)(F)F. The lowest BCUT2D eigenvalue weighted by Gasteiger charge is -2.37. The molecule has 4 rings (SSSR count). The van der Waals surface area contributed by atoms with Crippen LogP contribution in [0.15, 0.2) is 66.7 Å². The molecule has 0 bridgehead atoms. The molecule has 0 fully saturated rings. The first-order valence-electron chi connectivity index (χ1n) is 10.1. The number of alkyl halides is 6. The Morgan fingerprint density at radius 3 is 2.03 bits per heavy atom. The normalized spacial score (nSPS) is 18.9. The van der Waals surface area contributed by atoms with E-state index in [1.54, 1.807) is 48.5 Å². The third-order valence-electron chi connectivity index (χ3n) is 6.01. The Hall–Kier alpha value is -2.42. The highest BCUT2D eigenvalue weighted by atomic mass is 35.5. The van der Waals surface area contributed by atoms with Crippen LogP contribution >= 0.6 is 23.2 Å². The summed E-state index contributed by atoms with van der Waals surface area (Å²) in [4.78, 5) is 0.